The highest BCUT2D eigenvalue weighted by Crippen LogP contribution is 2.27. The first-order chi connectivity index (χ1) is 6.15. The number of carbonyl (C=O) groups excluding carboxylic acids is 1. The average Bonchev–Trinajstić information content (AvgIpc) is 2.83. The number of hydrogen-bond donors (Lipinski definition) is 0. The fourth-order valence-electron chi connectivity index (χ4n) is 1.18. The first kappa shape index (κ1) is 10.3. The van der Waals surface area contributed by atoms with Crippen molar-refractivity contribution in [1.82, 2.24) is 0 Å². The summed E-state index contributed by atoms with van der Waals surface area (Å²) < 4.78 is 10.2. The van der Waals surface area contributed by atoms with Crippen LogP contribution in [0.15, 0.2) is 12.2 Å². The molecule has 1 saturated heterocycles. The lowest BCUT2D eigenvalue weighted by atomic mass is 10.2. The molecule has 0 aromatic carbocycles. The number of rotatable bonds is 5. The molecule has 13 heavy (non-hydrogen) atoms. The monoisotopic (exact) mass is 184 g/mol. The molecule has 0 bridgehead atoms. The molecular weight excluding hydrogens is 168 g/mol. The first-order valence-electron chi connectivity index (χ1n) is 4.63. The van der Waals surface area contributed by atoms with Crippen LogP contribution >= 0.6 is 0 Å². The lowest BCUT2D eigenvalue weighted by Crippen LogP contribution is -2.08. The van der Waals surface area contributed by atoms with E-state index in [-0.39, 0.29) is 5.97 Å². The Morgan fingerprint density at radius 1 is 1.54 bits per heavy atom. The summed E-state index contributed by atoms with van der Waals surface area (Å²) in [6.45, 7) is 7.66. The van der Waals surface area contributed by atoms with E-state index in [0.717, 1.165) is 12.8 Å². The molecule has 0 aromatic rings. The van der Waals surface area contributed by atoms with Gasteiger partial charge < -0.3 is 9.47 Å². The number of epoxide rings is 1. The Morgan fingerprint density at radius 3 is 2.69 bits per heavy atom. The maximum atomic E-state index is 10.9. The van der Waals surface area contributed by atoms with Crippen molar-refractivity contribution in [3.63, 3.8) is 0 Å². The molecule has 0 N–H and O–H groups in total. The SMILES string of the molecule is C=C(C)C(=O)OCCC1OC1CC. The lowest BCUT2D eigenvalue weighted by molar-refractivity contribution is -0.139. The molecule has 0 amide bonds. The highest BCUT2D eigenvalue weighted by atomic mass is 16.6. The molecule has 0 aliphatic carbocycles. The molecule has 0 saturated carbocycles. The number of carbonyl (C=O) groups is 1. The molecule has 0 aromatic heterocycles. The highest BCUT2D eigenvalue weighted by molar-refractivity contribution is 5.86. The maximum absolute atomic E-state index is 10.9. The van der Waals surface area contributed by atoms with Crippen molar-refractivity contribution in [2.24, 2.45) is 0 Å². The molecule has 1 aliphatic heterocycles. The quantitative estimate of drug-likeness (QED) is 0.370. The van der Waals surface area contributed by atoms with Gasteiger partial charge in [-0.1, -0.05) is 13.5 Å². The molecule has 3 nitrogen and oxygen atoms in total. The minimum absolute atomic E-state index is 0.308. The van der Waals surface area contributed by atoms with Crippen LogP contribution < -0.4 is 0 Å². The summed E-state index contributed by atoms with van der Waals surface area (Å²) in [4.78, 5) is 10.9. The summed E-state index contributed by atoms with van der Waals surface area (Å²) in [6, 6.07) is 0. The average molecular weight is 184 g/mol. The third kappa shape index (κ3) is 3.19. The van der Waals surface area contributed by atoms with Gasteiger partial charge in [0.25, 0.3) is 0 Å². The van der Waals surface area contributed by atoms with Crippen molar-refractivity contribution in [3.05, 3.63) is 12.2 Å². The summed E-state index contributed by atoms with van der Waals surface area (Å²) in [5, 5.41) is 0. The zero-order chi connectivity index (χ0) is 9.84. The van der Waals surface area contributed by atoms with Crippen LogP contribution in [0.25, 0.3) is 0 Å². The molecule has 1 aliphatic rings. The molecule has 0 radical (unpaired) electrons. The van der Waals surface area contributed by atoms with Gasteiger partial charge in [-0.15, -0.1) is 0 Å². The Labute approximate surface area is 78.7 Å². The number of esters is 1. The van der Waals surface area contributed by atoms with E-state index in [0.29, 0.717) is 24.4 Å². The second-order valence-corrected chi connectivity index (χ2v) is 3.33. The Morgan fingerprint density at radius 2 is 2.23 bits per heavy atom. The van der Waals surface area contributed by atoms with E-state index < -0.39 is 0 Å². The van der Waals surface area contributed by atoms with Crippen LogP contribution in [-0.2, 0) is 14.3 Å². The Balaban J connectivity index is 2.02. The van der Waals surface area contributed by atoms with Gasteiger partial charge in [-0.3, -0.25) is 0 Å². The Hall–Kier alpha value is -0.830. The predicted octanol–water partition coefficient (Wildman–Crippen LogP) is 1.67. The fraction of sp³-hybridized carbons (Fsp3) is 0.700. The van der Waals surface area contributed by atoms with Gasteiger partial charge in [0, 0.05) is 12.0 Å². The van der Waals surface area contributed by atoms with Crippen molar-refractivity contribution in [1.29, 1.82) is 0 Å². The van der Waals surface area contributed by atoms with E-state index in [4.69, 9.17) is 9.47 Å². The molecule has 1 heterocycles. The summed E-state index contributed by atoms with van der Waals surface area (Å²) in [5.74, 6) is -0.311. The summed E-state index contributed by atoms with van der Waals surface area (Å²) in [5.41, 5.74) is 0.448. The third-order valence-electron chi connectivity index (χ3n) is 2.07. The highest BCUT2D eigenvalue weighted by Gasteiger charge is 2.36. The molecule has 1 fully saturated rings. The van der Waals surface area contributed by atoms with Crippen molar-refractivity contribution in [2.75, 3.05) is 6.61 Å². The molecule has 2 atom stereocenters. The van der Waals surface area contributed by atoms with Crippen molar-refractivity contribution < 1.29 is 14.3 Å². The molecule has 1 rings (SSSR count). The smallest absolute Gasteiger partial charge is 0.333 e. The fourth-order valence-corrected chi connectivity index (χ4v) is 1.18. The second-order valence-electron chi connectivity index (χ2n) is 3.33. The Bertz CT molecular complexity index is 210. The van der Waals surface area contributed by atoms with E-state index in [9.17, 15) is 4.79 Å². The van der Waals surface area contributed by atoms with Crippen LogP contribution in [0.2, 0.25) is 0 Å². The van der Waals surface area contributed by atoms with Gasteiger partial charge in [-0.2, -0.15) is 0 Å². The van der Waals surface area contributed by atoms with Gasteiger partial charge >= 0.3 is 5.97 Å². The molecule has 0 spiro atoms. The van der Waals surface area contributed by atoms with Crippen LogP contribution in [0.5, 0.6) is 0 Å². The van der Waals surface area contributed by atoms with Crippen LogP contribution in [0, 0.1) is 0 Å². The van der Waals surface area contributed by atoms with E-state index in [1.807, 2.05) is 0 Å². The van der Waals surface area contributed by atoms with Gasteiger partial charge in [0.05, 0.1) is 18.8 Å². The summed E-state index contributed by atoms with van der Waals surface area (Å²) in [6.07, 6.45) is 2.54. The van der Waals surface area contributed by atoms with E-state index in [1.165, 1.54) is 0 Å². The molecule has 74 valence electrons. The van der Waals surface area contributed by atoms with E-state index in [1.54, 1.807) is 6.92 Å². The second kappa shape index (κ2) is 4.42. The summed E-state index contributed by atoms with van der Waals surface area (Å²) >= 11 is 0. The van der Waals surface area contributed by atoms with E-state index >= 15 is 0 Å². The van der Waals surface area contributed by atoms with Gasteiger partial charge in [0.2, 0.25) is 0 Å². The van der Waals surface area contributed by atoms with Crippen molar-refractivity contribution in [3.8, 4) is 0 Å². The lowest BCUT2D eigenvalue weighted by Gasteiger charge is -2.01. The standard InChI is InChI=1S/C10H16O3/c1-4-8-9(13-8)5-6-12-10(11)7(2)3/h8-9H,2,4-6H2,1,3H3. The molecule has 2 unspecified atom stereocenters. The van der Waals surface area contributed by atoms with Crippen LogP contribution in [-0.4, -0.2) is 24.8 Å². The van der Waals surface area contributed by atoms with Crippen LogP contribution in [0.1, 0.15) is 26.7 Å². The minimum atomic E-state index is -0.311. The van der Waals surface area contributed by atoms with Crippen LogP contribution in [0.4, 0.5) is 0 Å². The van der Waals surface area contributed by atoms with Gasteiger partial charge in [-0.25, -0.2) is 4.79 Å². The minimum Gasteiger partial charge on any atom is -0.462 e. The van der Waals surface area contributed by atoms with Gasteiger partial charge in [-0.05, 0) is 13.3 Å². The normalized spacial score (nSPS) is 25.4. The Kier molecular flexibility index (Phi) is 3.48. The zero-order valence-corrected chi connectivity index (χ0v) is 8.21. The third-order valence-corrected chi connectivity index (χ3v) is 2.07. The topological polar surface area (TPSA) is 38.8 Å². The first-order valence-corrected chi connectivity index (χ1v) is 4.63. The number of hydrogen-bond acceptors (Lipinski definition) is 3. The molecule has 3 heteroatoms. The van der Waals surface area contributed by atoms with Crippen molar-refractivity contribution in [2.45, 2.75) is 38.9 Å². The van der Waals surface area contributed by atoms with Gasteiger partial charge in [0.15, 0.2) is 0 Å². The predicted molar refractivity (Wildman–Crippen MR) is 49.3 cm³/mol. The maximum Gasteiger partial charge on any atom is 0.333 e. The zero-order valence-electron chi connectivity index (χ0n) is 8.21. The van der Waals surface area contributed by atoms with Gasteiger partial charge in [0.1, 0.15) is 0 Å². The van der Waals surface area contributed by atoms with Crippen LogP contribution in [0.3, 0.4) is 0 Å². The van der Waals surface area contributed by atoms with E-state index in [2.05, 4.69) is 13.5 Å². The number of ether oxygens (including phenoxy) is 2. The van der Waals surface area contributed by atoms with Crippen molar-refractivity contribution >= 4 is 5.97 Å². The molecular formula is C10H16O3. The summed E-state index contributed by atoms with van der Waals surface area (Å²) in [7, 11) is 0. The largest absolute Gasteiger partial charge is 0.462 e.